The molecule has 1 rings (SSSR count). The summed E-state index contributed by atoms with van der Waals surface area (Å²) in [7, 11) is 2.22. The molecular formula is C12H26N2O. The number of hydrogen-bond acceptors (Lipinski definition) is 3. The van der Waals surface area contributed by atoms with Crippen LogP contribution in [0.3, 0.4) is 0 Å². The van der Waals surface area contributed by atoms with Crippen LogP contribution in [0.1, 0.15) is 39.5 Å². The second-order valence-corrected chi connectivity index (χ2v) is 4.79. The van der Waals surface area contributed by atoms with Gasteiger partial charge in [-0.1, -0.05) is 13.3 Å². The molecule has 0 aromatic carbocycles. The number of likely N-dealkylation sites (N-methyl/N-ethyl adjacent to an activating group) is 1. The topological polar surface area (TPSA) is 38.5 Å². The quantitative estimate of drug-likeness (QED) is 0.755. The van der Waals surface area contributed by atoms with Crippen LogP contribution in [0.25, 0.3) is 0 Å². The molecule has 15 heavy (non-hydrogen) atoms. The van der Waals surface area contributed by atoms with Gasteiger partial charge in [0.1, 0.15) is 0 Å². The highest BCUT2D eigenvalue weighted by atomic mass is 16.5. The van der Waals surface area contributed by atoms with Gasteiger partial charge in [0, 0.05) is 31.3 Å². The van der Waals surface area contributed by atoms with E-state index < -0.39 is 0 Å². The zero-order valence-corrected chi connectivity index (χ0v) is 10.5. The van der Waals surface area contributed by atoms with Gasteiger partial charge in [0.15, 0.2) is 0 Å². The molecule has 1 aliphatic rings. The van der Waals surface area contributed by atoms with Crippen LogP contribution in [-0.2, 0) is 4.74 Å². The Hall–Kier alpha value is -0.120. The Morgan fingerprint density at radius 2 is 2.00 bits per heavy atom. The zero-order valence-electron chi connectivity index (χ0n) is 10.5. The van der Waals surface area contributed by atoms with Gasteiger partial charge in [-0.25, -0.2) is 0 Å². The van der Waals surface area contributed by atoms with Gasteiger partial charge in [0.05, 0.1) is 0 Å². The minimum Gasteiger partial charge on any atom is -0.381 e. The van der Waals surface area contributed by atoms with Crippen LogP contribution in [-0.4, -0.2) is 43.3 Å². The molecule has 1 atom stereocenters. The van der Waals surface area contributed by atoms with E-state index in [4.69, 9.17) is 10.5 Å². The van der Waals surface area contributed by atoms with Crippen molar-refractivity contribution in [3.05, 3.63) is 0 Å². The first-order valence-corrected chi connectivity index (χ1v) is 6.17. The Bertz CT molecular complexity index is 178. The second kappa shape index (κ2) is 5.83. The highest BCUT2D eigenvalue weighted by molar-refractivity contribution is 4.94. The molecule has 0 bridgehead atoms. The summed E-state index contributed by atoms with van der Waals surface area (Å²) in [6.07, 6.45) is 4.64. The number of ether oxygens (including phenoxy) is 1. The summed E-state index contributed by atoms with van der Waals surface area (Å²) in [6, 6.07) is 0.622. The summed E-state index contributed by atoms with van der Waals surface area (Å²) in [5, 5.41) is 0. The molecule has 1 saturated heterocycles. The van der Waals surface area contributed by atoms with E-state index in [2.05, 4.69) is 25.8 Å². The van der Waals surface area contributed by atoms with Gasteiger partial charge in [-0.05, 0) is 33.2 Å². The van der Waals surface area contributed by atoms with Crippen molar-refractivity contribution in [2.45, 2.75) is 51.1 Å². The maximum atomic E-state index is 5.98. The first-order chi connectivity index (χ1) is 7.16. The first-order valence-electron chi connectivity index (χ1n) is 6.17. The maximum Gasteiger partial charge on any atom is 0.0484 e. The molecule has 3 heteroatoms. The minimum absolute atomic E-state index is 0.187. The van der Waals surface area contributed by atoms with Crippen molar-refractivity contribution in [2.75, 3.05) is 26.8 Å². The fourth-order valence-corrected chi connectivity index (χ4v) is 2.53. The summed E-state index contributed by atoms with van der Waals surface area (Å²) >= 11 is 0. The van der Waals surface area contributed by atoms with Crippen LogP contribution in [0.5, 0.6) is 0 Å². The molecule has 3 nitrogen and oxygen atoms in total. The smallest absolute Gasteiger partial charge is 0.0484 e. The van der Waals surface area contributed by atoms with Gasteiger partial charge in [0.25, 0.3) is 0 Å². The van der Waals surface area contributed by atoms with Gasteiger partial charge in [-0.3, -0.25) is 4.90 Å². The fourth-order valence-electron chi connectivity index (χ4n) is 2.53. The number of nitrogens with zero attached hydrogens (tertiary/aromatic N) is 1. The lowest BCUT2D eigenvalue weighted by atomic mass is 9.87. The van der Waals surface area contributed by atoms with Crippen molar-refractivity contribution >= 4 is 0 Å². The molecule has 2 N–H and O–H groups in total. The predicted molar refractivity (Wildman–Crippen MR) is 64.0 cm³/mol. The molecule has 0 spiro atoms. The third kappa shape index (κ3) is 2.92. The lowest BCUT2D eigenvalue weighted by Gasteiger charge is -2.46. The summed E-state index contributed by atoms with van der Waals surface area (Å²) in [6.45, 7) is 7.02. The van der Waals surface area contributed by atoms with Crippen LogP contribution in [0.4, 0.5) is 0 Å². The summed E-state index contributed by atoms with van der Waals surface area (Å²) < 4.78 is 5.43. The average Bonchev–Trinajstić information content (AvgIpc) is 2.29. The summed E-state index contributed by atoms with van der Waals surface area (Å²) in [5.74, 6) is 0. The molecule has 0 amide bonds. The standard InChI is InChI=1S/C12H26N2O/c1-4-5-11(2)14(3)12(10-13)6-8-15-9-7-12/h11H,4-10,13H2,1-3H3. The van der Waals surface area contributed by atoms with Crippen molar-refractivity contribution in [2.24, 2.45) is 5.73 Å². The number of rotatable bonds is 5. The van der Waals surface area contributed by atoms with Crippen molar-refractivity contribution in [3.63, 3.8) is 0 Å². The molecule has 0 saturated carbocycles. The maximum absolute atomic E-state index is 5.98. The van der Waals surface area contributed by atoms with Crippen LogP contribution < -0.4 is 5.73 Å². The highest BCUT2D eigenvalue weighted by Gasteiger charge is 2.36. The van der Waals surface area contributed by atoms with Crippen molar-refractivity contribution < 1.29 is 4.74 Å². The molecule has 90 valence electrons. The molecule has 1 fully saturated rings. The van der Waals surface area contributed by atoms with E-state index in [1.54, 1.807) is 0 Å². The van der Waals surface area contributed by atoms with E-state index in [1.165, 1.54) is 12.8 Å². The Morgan fingerprint density at radius 1 is 1.40 bits per heavy atom. The van der Waals surface area contributed by atoms with Crippen molar-refractivity contribution in [1.82, 2.24) is 4.90 Å². The number of hydrogen-bond donors (Lipinski definition) is 1. The van der Waals surface area contributed by atoms with E-state index in [0.717, 1.165) is 32.6 Å². The molecular weight excluding hydrogens is 188 g/mol. The predicted octanol–water partition coefficient (Wildman–Crippen LogP) is 1.61. The Balaban J connectivity index is 2.62. The molecule has 0 aromatic heterocycles. The monoisotopic (exact) mass is 214 g/mol. The average molecular weight is 214 g/mol. The normalized spacial score (nSPS) is 23.0. The Kier molecular flexibility index (Phi) is 5.03. The molecule has 0 aliphatic carbocycles. The third-order valence-corrected chi connectivity index (χ3v) is 3.92. The van der Waals surface area contributed by atoms with E-state index in [9.17, 15) is 0 Å². The summed E-state index contributed by atoms with van der Waals surface area (Å²) in [4.78, 5) is 2.49. The molecule has 0 radical (unpaired) electrons. The lowest BCUT2D eigenvalue weighted by molar-refractivity contribution is -0.0289. The highest BCUT2D eigenvalue weighted by Crippen LogP contribution is 2.28. The van der Waals surface area contributed by atoms with E-state index in [0.29, 0.717) is 6.04 Å². The van der Waals surface area contributed by atoms with E-state index in [-0.39, 0.29) is 5.54 Å². The van der Waals surface area contributed by atoms with Crippen molar-refractivity contribution in [3.8, 4) is 0 Å². The van der Waals surface area contributed by atoms with Crippen LogP contribution in [0.15, 0.2) is 0 Å². The van der Waals surface area contributed by atoms with Gasteiger partial charge >= 0.3 is 0 Å². The Labute approximate surface area is 94.0 Å². The van der Waals surface area contributed by atoms with Crippen LogP contribution in [0.2, 0.25) is 0 Å². The first kappa shape index (κ1) is 12.9. The molecule has 1 unspecified atom stereocenters. The van der Waals surface area contributed by atoms with Gasteiger partial charge in [-0.15, -0.1) is 0 Å². The van der Waals surface area contributed by atoms with Crippen LogP contribution >= 0.6 is 0 Å². The van der Waals surface area contributed by atoms with Gasteiger partial charge < -0.3 is 10.5 Å². The van der Waals surface area contributed by atoms with E-state index >= 15 is 0 Å². The number of nitrogens with two attached hydrogens (primary N) is 1. The van der Waals surface area contributed by atoms with Crippen molar-refractivity contribution in [1.29, 1.82) is 0 Å². The lowest BCUT2D eigenvalue weighted by Crippen LogP contribution is -2.57. The molecule has 1 aliphatic heterocycles. The minimum atomic E-state index is 0.187. The summed E-state index contributed by atoms with van der Waals surface area (Å²) in [5.41, 5.74) is 6.16. The largest absolute Gasteiger partial charge is 0.381 e. The fraction of sp³-hybridized carbons (Fsp3) is 1.00. The zero-order chi connectivity index (χ0) is 11.3. The Morgan fingerprint density at radius 3 is 2.47 bits per heavy atom. The van der Waals surface area contributed by atoms with E-state index in [1.807, 2.05) is 0 Å². The van der Waals surface area contributed by atoms with Crippen LogP contribution in [0, 0.1) is 0 Å². The second-order valence-electron chi connectivity index (χ2n) is 4.79. The van der Waals surface area contributed by atoms with Gasteiger partial charge in [-0.2, -0.15) is 0 Å². The molecule has 1 heterocycles. The third-order valence-electron chi connectivity index (χ3n) is 3.92. The SMILES string of the molecule is CCCC(C)N(C)C1(CN)CCOCC1. The van der Waals surface area contributed by atoms with Gasteiger partial charge in [0.2, 0.25) is 0 Å². The molecule has 0 aromatic rings.